The molecule has 5 heteroatoms. The van der Waals surface area contributed by atoms with Crippen LogP contribution in [-0.2, 0) is 19.4 Å². The van der Waals surface area contributed by atoms with Crippen LogP contribution >= 0.6 is 0 Å². The molecule has 2 atom stereocenters. The van der Waals surface area contributed by atoms with E-state index in [4.69, 9.17) is 9.72 Å². The zero-order chi connectivity index (χ0) is 21.8. The van der Waals surface area contributed by atoms with E-state index < -0.39 is 0 Å². The molecule has 5 rings (SSSR count). The van der Waals surface area contributed by atoms with Crippen LogP contribution in [0.3, 0.4) is 0 Å². The van der Waals surface area contributed by atoms with E-state index in [0.29, 0.717) is 12.1 Å². The molecular formula is C27H38N4O. The first kappa shape index (κ1) is 21.9. The van der Waals surface area contributed by atoms with Gasteiger partial charge in [0.25, 0.3) is 0 Å². The lowest BCUT2D eigenvalue weighted by Crippen LogP contribution is -2.45. The van der Waals surface area contributed by atoms with Gasteiger partial charge in [-0.3, -0.25) is 14.8 Å². The summed E-state index contributed by atoms with van der Waals surface area (Å²) in [5.74, 6) is 1.10. The van der Waals surface area contributed by atoms with E-state index in [1.807, 2.05) is 6.20 Å². The van der Waals surface area contributed by atoms with Gasteiger partial charge in [0.15, 0.2) is 0 Å². The number of ether oxygens (including phenoxy) is 1. The summed E-state index contributed by atoms with van der Waals surface area (Å²) in [4.78, 5) is 9.82. The van der Waals surface area contributed by atoms with Gasteiger partial charge in [-0.25, -0.2) is 0 Å². The van der Waals surface area contributed by atoms with Crippen LogP contribution in [-0.4, -0.2) is 60.7 Å². The first-order valence-corrected chi connectivity index (χ1v) is 12.6. The fraction of sp³-hybridized carbons (Fsp3) is 0.593. The molecule has 1 N–H and O–H groups in total. The van der Waals surface area contributed by atoms with E-state index in [1.54, 1.807) is 0 Å². The summed E-state index contributed by atoms with van der Waals surface area (Å²) in [5, 5.41) is 3.78. The predicted octanol–water partition coefficient (Wildman–Crippen LogP) is 3.97. The minimum absolute atomic E-state index is 0.430. The highest BCUT2D eigenvalue weighted by atomic mass is 16.5. The second-order valence-corrected chi connectivity index (χ2v) is 9.82. The summed E-state index contributed by atoms with van der Waals surface area (Å²) in [6, 6.07) is 11.8. The number of likely N-dealkylation sites (tertiary alicyclic amines) is 1. The number of aryl methyl sites for hydroxylation is 1. The maximum atomic E-state index is 6.33. The molecule has 1 aromatic heterocycles. The fourth-order valence-electron chi connectivity index (χ4n) is 5.80. The smallest absolute Gasteiger partial charge is 0.122 e. The molecule has 0 saturated carbocycles. The monoisotopic (exact) mass is 434 g/mol. The number of aromatic nitrogens is 1. The summed E-state index contributed by atoms with van der Waals surface area (Å²) in [6.45, 7) is 6.25. The van der Waals surface area contributed by atoms with E-state index in [-0.39, 0.29) is 0 Å². The summed E-state index contributed by atoms with van der Waals surface area (Å²) < 4.78 is 6.33. The molecule has 1 aromatic carbocycles. The van der Waals surface area contributed by atoms with Gasteiger partial charge >= 0.3 is 0 Å². The van der Waals surface area contributed by atoms with E-state index in [9.17, 15) is 0 Å². The van der Waals surface area contributed by atoms with Crippen molar-refractivity contribution in [1.29, 1.82) is 0 Å². The number of nitrogens with zero attached hydrogens (tertiary/aromatic N) is 3. The number of hydrogen-bond donors (Lipinski definition) is 1. The van der Waals surface area contributed by atoms with Gasteiger partial charge in [-0.2, -0.15) is 0 Å². The van der Waals surface area contributed by atoms with E-state index >= 15 is 0 Å². The predicted molar refractivity (Wildman–Crippen MR) is 129 cm³/mol. The van der Waals surface area contributed by atoms with Crippen LogP contribution in [0.2, 0.25) is 0 Å². The Kier molecular flexibility index (Phi) is 7.06. The Balaban J connectivity index is 1.21. The number of hydrogen-bond acceptors (Lipinski definition) is 5. The number of pyridine rings is 1. The summed E-state index contributed by atoms with van der Waals surface area (Å²) >= 11 is 0. The Bertz CT molecular complexity index is 895. The Morgan fingerprint density at radius 1 is 1.09 bits per heavy atom. The molecule has 0 amide bonds. The van der Waals surface area contributed by atoms with Crippen molar-refractivity contribution in [3.63, 3.8) is 0 Å². The first-order chi connectivity index (χ1) is 15.8. The molecule has 0 radical (unpaired) electrons. The van der Waals surface area contributed by atoms with Crippen LogP contribution in [0.1, 0.15) is 60.5 Å². The van der Waals surface area contributed by atoms with Gasteiger partial charge in [0.05, 0.1) is 11.7 Å². The van der Waals surface area contributed by atoms with Crippen molar-refractivity contribution in [2.75, 3.05) is 39.8 Å². The topological polar surface area (TPSA) is 40.6 Å². The SMILES string of the molecule is CN(C[C@@H]1Cc2c(cccc2OCCN2CCCCC2)CN1)[C@H]1CCCc2cccnc21. The molecule has 2 aromatic rings. The maximum Gasteiger partial charge on any atom is 0.122 e. The number of rotatable bonds is 7. The van der Waals surface area contributed by atoms with Crippen molar-refractivity contribution in [2.45, 2.75) is 63.6 Å². The highest BCUT2D eigenvalue weighted by Crippen LogP contribution is 2.33. The lowest BCUT2D eigenvalue weighted by Gasteiger charge is -2.36. The quantitative estimate of drug-likeness (QED) is 0.714. The minimum Gasteiger partial charge on any atom is -0.492 e. The van der Waals surface area contributed by atoms with Gasteiger partial charge in [0.1, 0.15) is 12.4 Å². The van der Waals surface area contributed by atoms with E-state index in [2.05, 4.69) is 52.5 Å². The molecule has 0 unspecified atom stereocenters. The summed E-state index contributed by atoms with van der Waals surface area (Å²) in [5.41, 5.74) is 5.52. The van der Waals surface area contributed by atoms with Crippen LogP contribution in [0.15, 0.2) is 36.5 Å². The second-order valence-electron chi connectivity index (χ2n) is 9.82. The van der Waals surface area contributed by atoms with Crippen molar-refractivity contribution >= 4 is 0 Å². The largest absolute Gasteiger partial charge is 0.492 e. The lowest BCUT2D eigenvalue weighted by molar-refractivity contribution is 0.179. The molecular weight excluding hydrogens is 396 g/mol. The van der Waals surface area contributed by atoms with Gasteiger partial charge < -0.3 is 10.1 Å². The average Bonchev–Trinajstić information content (AvgIpc) is 2.84. The van der Waals surface area contributed by atoms with Crippen LogP contribution in [0.5, 0.6) is 5.75 Å². The number of likely N-dealkylation sites (N-methyl/N-ethyl adjacent to an activating group) is 1. The molecule has 1 aliphatic carbocycles. The molecule has 1 fully saturated rings. The van der Waals surface area contributed by atoms with Crippen LogP contribution in [0.25, 0.3) is 0 Å². The van der Waals surface area contributed by atoms with Gasteiger partial charge in [-0.1, -0.05) is 24.6 Å². The van der Waals surface area contributed by atoms with Crippen LogP contribution < -0.4 is 10.1 Å². The van der Waals surface area contributed by atoms with Crippen molar-refractivity contribution in [3.8, 4) is 5.75 Å². The third kappa shape index (κ3) is 5.00. The Hall–Kier alpha value is -1.95. The van der Waals surface area contributed by atoms with Crippen molar-refractivity contribution < 1.29 is 4.74 Å². The van der Waals surface area contributed by atoms with Crippen molar-refractivity contribution in [2.24, 2.45) is 0 Å². The molecule has 3 heterocycles. The molecule has 2 aliphatic heterocycles. The van der Waals surface area contributed by atoms with Crippen LogP contribution in [0, 0.1) is 0 Å². The Morgan fingerprint density at radius 3 is 2.88 bits per heavy atom. The summed E-state index contributed by atoms with van der Waals surface area (Å²) in [7, 11) is 2.27. The Labute approximate surface area is 193 Å². The molecule has 0 bridgehead atoms. The van der Waals surface area contributed by atoms with E-state index in [1.165, 1.54) is 74.0 Å². The van der Waals surface area contributed by atoms with Crippen molar-refractivity contribution in [1.82, 2.24) is 20.1 Å². The van der Waals surface area contributed by atoms with Gasteiger partial charge in [-0.15, -0.1) is 0 Å². The molecule has 1 saturated heterocycles. The zero-order valence-corrected chi connectivity index (χ0v) is 19.6. The molecule has 5 nitrogen and oxygen atoms in total. The summed E-state index contributed by atoms with van der Waals surface area (Å²) in [6.07, 6.45) is 10.7. The minimum atomic E-state index is 0.430. The van der Waals surface area contributed by atoms with Gasteiger partial charge in [0.2, 0.25) is 0 Å². The van der Waals surface area contributed by atoms with E-state index in [0.717, 1.165) is 38.4 Å². The number of piperidine rings is 1. The normalized spacial score (nSPS) is 23.6. The molecule has 3 aliphatic rings. The number of fused-ring (bicyclic) bond motifs is 2. The zero-order valence-electron chi connectivity index (χ0n) is 19.6. The second kappa shape index (κ2) is 10.3. The average molecular weight is 435 g/mol. The van der Waals surface area contributed by atoms with Crippen LogP contribution in [0.4, 0.5) is 0 Å². The highest BCUT2D eigenvalue weighted by Gasteiger charge is 2.28. The van der Waals surface area contributed by atoms with Crippen molar-refractivity contribution in [3.05, 3.63) is 58.9 Å². The van der Waals surface area contributed by atoms with Gasteiger partial charge in [-0.05, 0) is 81.9 Å². The maximum absolute atomic E-state index is 6.33. The number of benzene rings is 1. The highest BCUT2D eigenvalue weighted by molar-refractivity contribution is 5.42. The third-order valence-electron chi connectivity index (χ3n) is 7.58. The lowest BCUT2D eigenvalue weighted by atomic mass is 9.90. The molecule has 172 valence electrons. The standard InChI is InChI=1S/C27H38N4O/c1-30(25-11-5-8-21-10-7-13-28-27(21)25)20-23-18-24-22(19-29-23)9-6-12-26(24)32-17-16-31-14-3-2-4-15-31/h6-7,9-10,12-13,23,25,29H,2-5,8,11,14-20H2,1H3/t23-,25-/m0/s1. The third-order valence-corrected chi connectivity index (χ3v) is 7.58. The molecule has 32 heavy (non-hydrogen) atoms. The Morgan fingerprint density at radius 2 is 1.97 bits per heavy atom. The fourth-order valence-corrected chi connectivity index (χ4v) is 5.80. The number of nitrogens with one attached hydrogen (secondary N) is 1. The molecule has 0 spiro atoms. The van der Waals surface area contributed by atoms with Gasteiger partial charge in [0, 0.05) is 37.4 Å². The first-order valence-electron chi connectivity index (χ1n) is 12.6.